The number of nitrogens with zero attached hydrogens (tertiary/aromatic N) is 1. The first-order chi connectivity index (χ1) is 8.83. The normalized spacial score (nSPS) is 18.8. The Morgan fingerprint density at radius 1 is 1.39 bits per heavy atom. The number of amides is 1. The fourth-order valence-corrected chi connectivity index (χ4v) is 2.37. The fourth-order valence-electron chi connectivity index (χ4n) is 2.37. The van der Waals surface area contributed by atoms with Gasteiger partial charge in [0.05, 0.1) is 6.04 Å². The van der Waals surface area contributed by atoms with Crippen LogP contribution in [-0.2, 0) is 4.79 Å². The van der Waals surface area contributed by atoms with Crippen LogP contribution in [0.3, 0.4) is 0 Å². The summed E-state index contributed by atoms with van der Waals surface area (Å²) < 4.78 is 0. The zero-order chi connectivity index (χ0) is 12.8. The number of para-hydroxylation sites is 1. The largest absolute Gasteiger partial charge is 0.311 e. The van der Waals surface area contributed by atoms with E-state index in [1.807, 2.05) is 35.2 Å². The Morgan fingerprint density at radius 2 is 2.17 bits per heavy atom. The molecular weight excluding hydrogens is 224 g/mol. The summed E-state index contributed by atoms with van der Waals surface area (Å²) in [5.74, 6) is 0.229. The van der Waals surface area contributed by atoms with E-state index in [-0.39, 0.29) is 11.9 Å². The van der Waals surface area contributed by atoms with Gasteiger partial charge in [-0.25, -0.2) is 0 Å². The van der Waals surface area contributed by atoms with Crippen molar-refractivity contribution in [1.82, 2.24) is 5.32 Å². The van der Waals surface area contributed by atoms with Crippen LogP contribution in [-0.4, -0.2) is 25.0 Å². The van der Waals surface area contributed by atoms with E-state index in [1.165, 1.54) is 0 Å². The predicted octanol–water partition coefficient (Wildman–Crippen LogP) is 2.57. The smallest absolute Gasteiger partial charge is 0.244 e. The van der Waals surface area contributed by atoms with Crippen LogP contribution >= 0.6 is 0 Å². The van der Waals surface area contributed by atoms with Crippen molar-refractivity contribution in [2.75, 3.05) is 18.0 Å². The zero-order valence-corrected chi connectivity index (χ0v) is 11.1. The van der Waals surface area contributed by atoms with Crippen LogP contribution in [0.15, 0.2) is 30.3 Å². The van der Waals surface area contributed by atoms with Gasteiger partial charge < -0.3 is 10.2 Å². The van der Waals surface area contributed by atoms with E-state index < -0.39 is 0 Å². The minimum absolute atomic E-state index is 0.0158. The molecule has 1 aromatic rings. The standard InChI is InChI=1S/C15H22N2O/c1-2-3-12-17(13-8-5-4-6-9-13)15(18)14-10-7-11-16-14/h4-6,8-9,14,16H,2-3,7,10-12H2,1H3/t14-/m0/s1. The molecule has 18 heavy (non-hydrogen) atoms. The molecule has 0 saturated carbocycles. The van der Waals surface area contributed by atoms with Crippen molar-refractivity contribution in [3.05, 3.63) is 30.3 Å². The average molecular weight is 246 g/mol. The molecule has 1 N–H and O–H groups in total. The molecule has 98 valence electrons. The SMILES string of the molecule is CCCCN(C(=O)[C@@H]1CCCN1)c1ccccc1. The van der Waals surface area contributed by atoms with Gasteiger partial charge in [0.25, 0.3) is 0 Å². The number of carbonyl (C=O) groups is 1. The van der Waals surface area contributed by atoms with Gasteiger partial charge in [0.1, 0.15) is 0 Å². The Labute approximate surface area is 109 Å². The highest BCUT2D eigenvalue weighted by atomic mass is 16.2. The van der Waals surface area contributed by atoms with Crippen LogP contribution in [0.4, 0.5) is 5.69 Å². The van der Waals surface area contributed by atoms with Gasteiger partial charge in [-0.05, 0) is 37.9 Å². The summed E-state index contributed by atoms with van der Waals surface area (Å²) in [6.45, 7) is 3.94. The van der Waals surface area contributed by atoms with Crippen LogP contribution in [0.1, 0.15) is 32.6 Å². The maximum atomic E-state index is 12.5. The molecule has 0 spiro atoms. The highest BCUT2D eigenvalue weighted by molar-refractivity contribution is 5.97. The number of anilines is 1. The second-order valence-electron chi connectivity index (χ2n) is 4.83. The topological polar surface area (TPSA) is 32.3 Å². The van der Waals surface area contributed by atoms with Crippen molar-refractivity contribution < 1.29 is 4.79 Å². The number of carbonyl (C=O) groups excluding carboxylic acids is 1. The molecule has 1 aliphatic heterocycles. The average Bonchev–Trinajstić information content (AvgIpc) is 2.94. The Balaban J connectivity index is 2.11. The van der Waals surface area contributed by atoms with Crippen molar-refractivity contribution in [3.63, 3.8) is 0 Å². The lowest BCUT2D eigenvalue weighted by atomic mass is 10.1. The lowest BCUT2D eigenvalue weighted by molar-refractivity contribution is -0.120. The van der Waals surface area contributed by atoms with Gasteiger partial charge in [-0.1, -0.05) is 31.5 Å². The third-order valence-electron chi connectivity index (χ3n) is 3.43. The monoisotopic (exact) mass is 246 g/mol. The first-order valence-electron chi connectivity index (χ1n) is 6.92. The lowest BCUT2D eigenvalue weighted by Crippen LogP contribution is -2.44. The Hall–Kier alpha value is -1.35. The van der Waals surface area contributed by atoms with Crippen molar-refractivity contribution in [2.24, 2.45) is 0 Å². The van der Waals surface area contributed by atoms with Gasteiger partial charge in [-0.15, -0.1) is 0 Å². The summed E-state index contributed by atoms with van der Waals surface area (Å²) in [6, 6.07) is 10.0. The summed E-state index contributed by atoms with van der Waals surface area (Å²) in [4.78, 5) is 14.5. The van der Waals surface area contributed by atoms with Crippen molar-refractivity contribution in [1.29, 1.82) is 0 Å². The van der Waals surface area contributed by atoms with E-state index in [4.69, 9.17) is 0 Å². The summed E-state index contributed by atoms with van der Waals surface area (Å²) in [5.41, 5.74) is 1.02. The van der Waals surface area contributed by atoms with Crippen LogP contribution in [0, 0.1) is 0 Å². The van der Waals surface area contributed by atoms with Gasteiger partial charge in [0, 0.05) is 12.2 Å². The summed E-state index contributed by atoms with van der Waals surface area (Å²) in [7, 11) is 0. The van der Waals surface area contributed by atoms with Gasteiger partial charge in [0.15, 0.2) is 0 Å². The molecule has 1 saturated heterocycles. The van der Waals surface area contributed by atoms with E-state index in [0.29, 0.717) is 0 Å². The first-order valence-corrected chi connectivity index (χ1v) is 6.92. The van der Waals surface area contributed by atoms with Gasteiger partial charge in [0.2, 0.25) is 5.91 Å². The molecule has 0 aromatic heterocycles. The fraction of sp³-hybridized carbons (Fsp3) is 0.533. The number of hydrogen-bond acceptors (Lipinski definition) is 2. The van der Waals surface area contributed by atoms with E-state index in [2.05, 4.69) is 12.2 Å². The Bertz CT molecular complexity index is 371. The third kappa shape index (κ3) is 3.10. The molecule has 1 heterocycles. The summed E-state index contributed by atoms with van der Waals surface area (Å²) in [5, 5.41) is 3.29. The molecule has 1 aliphatic rings. The highest BCUT2D eigenvalue weighted by Crippen LogP contribution is 2.18. The number of hydrogen-bond donors (Lipinski definition) is 1. The molecular formula is C15H22N2O. The molecule has 3 heteroatoms. The molecule has 2 rings (SSSR count). The van der Waals surface area contributed by atoms with E-state index in [9.17, 15) is 4.79 Å². The molecule has 0 unspecified atom stereocenters. The molecule has 3 nitrogen and oxygen atoms in total. The van der Waals surface area contributed by atoms with Gasteiger partial charge >= 0.3 is 0 Å². The van der Waals surface area contributed by atoms with E-state index in [1.54, 1.807) is 0 Å². The van der Waals surface area contributed by atoms with Gasteiger partial charge in [-0.2, -0.15) is 0 Å². The number of unbranched alkanes of at least 4 members (excludes halogenated alkanes) is 1. The third-order valence-corrected chi connectivity index (χ3v) is 3.43. The van der Waals surface area contributed by atoms with Crippen LogP contribution in [0.5, 0.6) is 0 Å². The van der Waals surface area contributed by atoms with Crippen LogP contribution in [0.2, 0.25) is 0 Å². The highest BCUT2D eigenvalue weighted by Gasteiger charge is 2.27. The second-order valence-corrected chi connectivity index (χ2v) is 4.83. The predicted molar refractivity (Wildman–Crippen MR) is 74.7 cm³/mol. The van der Waals surface area contributed by atoms with Crippen LogP contribution in [0.25, 0.3) is 0 Å². The zero-order valence-electron chi connectivity index (χ0n) is 11.1. The molecule has 0 bridgehead atoms. The van der Waals surface area contributed by atoms with Crippen molar-refractivity contribution >= 4 is 11.6 Å². The second kappa shape index (κ2) is 6.55. The van der Waals surface area contributed by atoms with Crippen LogP contribution < -0.4 is 10.2 Å². The molecule has 1 fully saturated rings. The Kier molecular flexibility index (Phi) is 4.76. The molecule has 1 aromatic carbocycles. The first kappa shape index (κ1) is 13.1. The summed E-state index contributed by atoms with van der Waals surface area (Å²) in [6.07, 6.45) is 4.23. The minimum atomic E-state index is 0.0158. The summed E-state index contributed by atoms with van der Waals surface area (Å²) >= 11 is 0. The van der Waals surface area contributed by atoms with Crippen molar-refractivity contribution in [2.45, 2.75) is 38.6 Å². The van der Waals surface area contributed by atoms with Crippen molar-refractivity contribution in [3.8, 4) is 0 Å². The Morgan fingerprint density at radius 3 is 2.78 bits per heavy atom. The molecule has 1 atom stereocenters. The quantitative estimate of drug-likeness (QED) is 0.866. The van der Waals surface area contributed by atoms with Gasteiger partial charge in [-0.3, -0.25) is 4.79 Å². The van der Waals surface area contributed by atoms with E-state index in [0.717, 1.165) is 44.5 Å². The number of rotatable bonds is 5. The molecule has 1 amide bonds. The van der Waals surface area contributed by atoms with E-state index >= 15 is 0 Å². The molecule has 0 aliphatic carbocycles. The molecule has 0 radical (unpaired) electrons. The maximum Gasteiger partial charge on any atom is 0.244 e. The maximum absolute atomic E-state index is 12.5. The minimum Gasteiger partial charge on any atom is -0.311 e. The lowest BCUT2D eigenvalue weighted by Gasteiger charge is -2.25. The number of nitrogens with one attached hydrogen (secondary N) is 1. The number of benzene rings is 1.